The molecule has 0 heterocycles. The predicted molar refractivity (Wildman–Crippen MR) is 93.8 cm³/mol. The number of anilines is 3. The number of benzene rings is 2. The van der Waals surface area contributed by atoms with Crippen molar-refractivity contribution in [1.82, 2.24) is 0 Å². The number of nitrogens with one attached hydrogen (secondary N) is 3. The van der Waals surface area contributed by atoms with Gasteiger partial charge < -0.3 is 16.0 Å². The van der Waals surface area contributed by atoms with E-state index in [0.717, 1.165) is 12.0 Å². The lowest BCUT2D eigenvalue weighted by molar-refractivity contribution is -0.132. The molecule has 2 rings (SSSR count). The van der Waals surface area contributed by atoms with Gasteiger partial charge in [0.15, 0.2) is 0 Å². The number of rotatable bonds is 4. The lowest BCUT2D eigenvalue weighted by Gasteiger charge is -2.08. The zero-order chi connectivity index (χ0) is 17.5. The van der Waals surface area contributed by atoms with Crippen LogP contribution in [0.4, 0.5) is 17.1 Å². The van der Waals surface area contributed by atoms with Crippen molar-refractivity contribution in [3.63, 3.8) is 0 Å². The van der Waals surface area contributed by atoms with E-state index in [1.54, 1.807) is 36.4 Å². The van der Waals surface area contributed by atoms with Gasteiger partial charge in [-0.3, -0.25) is 14.4 Å². The fraction of sp³-hybridized carbons (Fsp3) is 0.167. The first-order valence-corrected chi connectivity index (χ1v) is 7.57. The summed E-state index contributed by atoms with van der Waals surface area (Å²) in [5, 5.41) is 7.66. The van der Waals surface area contributed by atoms with Crippen LogP contribution in [0.15, 0.2) is 48.5 Å². The number of hydrogen-bond acceptors (Lipinski definition) is 3. The highest BCUT2D eigenvalue weighted by Crippen LogP contribution is 2.14. The summed E-state index contributed by atoms with van der Waals surface area (Å²) in [7, 11) is 0. The van der Waals surface area contributed by atoms with Crippen LogP contribution in [0.1, 0.15) is 19.4 Å². The van der Waals surface area contributed by atoms with Crippen molar-refractivity contribution in [2.75, 3.05) is 16.0 Å². The van der Waals surface area contributed by atoms with Crippen LogP contribution < -0.4 is 16.0 Å². The van der Waals surface area contributed by atoms with Crippen molar-refractivity contribution in [2.45, 2.75) is 20.3 Å². The topological polar surface area (TPSA) is 87.3 Å². The Hall–Kier alpha value is -3.15. The highest BCUT2D eigenvalue weighted by molar-refractivity contribution is 6.43. The summed E-state index contributed by atoms with van der Waals surface area (Å²) in [5.41, 5.74) is 2.79. The number of aryl methyl sites for hydroxylation is 1. The largest absolute Gasteiger partial charge is 0.326 e. The third kappa shape index (κ3) is 4.95. The molecule has 0 radical (unpaired) electrons. The van der Waals surface area contributed by atoms with Crippen molar-refractivity contribution in [3.8, 4) is 0 Å². The quantitative estimate of drug-likeness (QED) is 0.755. The molecule has 0 spiro atoms. The molecular weight excluding hydrogens is 306 g/mol. The number of carbonyl (C=O) groups is 3. The minimum atomic E-state index is -0.762. The molecule has 2 aromatic carbocycles. The Morgan fingerprint density at radius 3 is 1.46 bits per heavy atom. The summed E-state index contributed by atoms with van der Waals surface area (Å²) in [6.45, 7) is 3.45. The lowest BCUT2D eigenvalue weighted by Crippen LogP contribution is -2.29. The minimum absolute atomic E-state index is 0.180. The second-order valence-corrected chi connectivity index (χ2v) is 5.22. The molecule has 0 saturated heterocycles. The third-order valence-corrected chi connectivity index (χ3v) is 3.29. The Labute approximate surface area is 140 Å². The highest BCUT2D eigenvalue weighted by atomic mass is 16.2. The summed E-state index contributed by atoms with van der Waals surface area (Å²) in [4.78, 5) is 34.8. The molecule has 0 aliphatic carbocycles. The van der Waals surface area contributed by atoms with Crippen LogP contribution in [-0.4, -0.2) is 17.7 Å². The zero-order valence-corrected chi connectivity index (χ0v) is 13.6. The fourth-order valence-corrected chi connectivity index (χ4v) is 2.04. The molecule has 3 amide bonds. The molecule has 0 aromatic heterocycles. The maximum Gasteiger partial charge on any atom is 0.314 e. The molecule has 24 heavy (non-hydrogen) atoms. The first-order chi connectivity index (χ1) is 11.5. The second-order valence-electron chi connectivity index (χ2n) is 5.22. The SMILES string of the molecule is CCc1ccc(NC(=O)C(=O)Nc2ccc(NC(C)=O)cc2)cc1. The summed E-state index contributed by atoms with van der Waals surface area (Å²) in [6, 6.07) is 13.8. The third-order valence-electron chi connectivity index (χ3n) is 3.29. The molecule has 6 nitrogen and oxygen atoms in total. The normalized spacial score (nSPS) is 9.92. The maximum absolute atomic E-state index is 11.9. The average Bonchev–Trinajstić information content (AvgIpc) is 2.56. The molecule has 0 atom stereocenters. The molecule has 3 N–H and O–H groups in total. The van der Waals surface area contributed by atoms with Gasteiger partial charge in [0.25, 0.3) is 0 Å². The van der Waals surface area contributed by atoms with Crippen LogP contribution in [0.25, 0.3) is 0 Å². The van der Waals surface area contributed by atoms with Gasteiger partial charge in [-0.2, -0.15) is 0 Å². The van der Waals surface area contributed by atoms with E-state index in [-0.39, 0.29) is 5.91 Å². The van der Waals surface area contributed by atoms with E-state index in [1.165, 1.54) is 6.92 Å². The molecule has 0 fully saturated rings. The maximum atomic E-state index is 11.9. The van der Waals surface area contributed by atoms with Crippen molar-refractivity contribution in [2.24, 2.45) is 0 Å². The predicted octanol–water partition coefficient (Wildman–Crippen LogP) is 2.78. The van der Waals surface area contributed by atoms with Crippen LogP contribution in [-0.2, 0) is 20.8 Å². The van der Waals surface area contributed by atoms with E-state index in [0.29, 0.717) is 17.1 Å². The Kier molecular flexibility index (Phi) is 5.68. The Balaban J connectivity index is 1.93. The number of carbonyl (C=O) groups excluding carboxylic acids is 3. The van der Waals surface area contributed by atoms with Crippen LogP contribution in [0.3, 0.4) is 0 Å². The van der Waals surface area contributed by atoms with Gasteiger partial charge in [-0.15, -0.1) is 0 Å². The van der Waals surface area contributed by atoms with Crippen molar-refractivity contribution in [1.29, 1.82) is 0 Å². The Morgan fingerprint density at radius 2 is 1.08 bits per heavy atom. The molecular formula is C18H19N3O3. The molecule has 0 unspecified atom stereocenters. The Morgan fingerprint density at radius 1 is 0.708 bits per heavy atom. The molecule has 0 aliphatic rings. The van der Waals surface area contributed by atoms with E-state index in [2.05, 4.69) is 16.0 Å². The molecule has 6 heteroatoms. The van der Waals surface area contributed by atoms with Gasteiger partial charge in [-0.05, 0) is 48.4 Å². The fourth-order valence-electron chi connectivity index (χ4n) is 2.04. The van der Waals surface area contributed by atoms with Crippen molar-refractivity contribution in [3.05, 3.63) is 54.1 Å². The smallest absolute Gasteiger partial charge is 0.314 e. The van der Waals surface area contributed by atoms with Crippen LogP contribution in [0.2, 0.25) is 0 Å². The van der Waals surface area contributed by atoms with E-state index >= 15 is 0 Å². The van der Waals surface area contributed by atoms with Crippen LogP contribution in [0, 0.1) is 0 Å². The van der Waals surface area contributed by atoms with Gasteiger partial charge in [-0.25, -0.2) is 0 Å². The van der Waals surface area contributed by atoms with Crippen molar-refractivity contribution >= 4 is 34.8 Å². The molecule has 124 valence electrons. The van der Waals surface area contributed by atoms with Gasteiger partial charge in [0.1, 0.15) is 0 Å². The van der Waals surface area contributed by atoms with E-state index in [4.69, 9.17) is 0 Å². The van der Waals surface area contributed by atoms with Gasteiger partial charge >= 0.3 is 11.8 Å². The summed E-state index contributed by atoms with van der Waals surface area (Å²) in [5.74, 6) is -1.69. The minimum Gasteiger partial charge on any atom is -0.326 e. The zero-order valence-electron chi connectivity index (χ0n) is 13.6. The standard InChI is InChI=1S/C18H19N3O3/c1-3-13-4-6-15(7-5-13)20-17(23)18(24)21-16-10-8-14(9-11-16)19-12(2)22/h4-11H,3H2,1-2H3,(H,19,22)(H,20,23)(H,21,24). The summed E-state index contributed by atoms with van der Waals surface area (Å²) >= 11 is 0. The van der Waals surface area contributed by atoms with E-state index < -0.39 is 11.8 Å². The first-order valence-electron chi connectivity index (χ1n) is 7.57. The second kappa shape index (κ2) is 7.92. The molecule has 2 aromatic rings. The van der Waals surface area contributed by atoms with Gasteiger partial charge in [0.05, 0.1) is 0 Å². The van der Waals surface area contributed by atoms with Gasteiger partial charge in [0.2, 0.25) is 5.91 Å². The molecule has 0 saturated carbocycles. The molecule has 0 bridgehead atoms. The number of hydrogen-bond donors (Lipinski definition) is 3. The van der Waals surface area contributed by atoms with Crippen LogP contribution in [0.5, 0.6) is 0 Å². The first kappa shape index (κ1) is 17.2. The average molecular weight is 325 g/mol. The van der Waals surface area contributed by atoms with Crippen molar-refractivity contribution < 1.29 is 14.4 Å². The Bertz CT molecular complexity index is 737. The number of amides is 3. The van der Waals surface area contributed by atoms with Gasteiger partial charge in [-0.1, -0.05) is 19.1 Å². The lowest BCUT2D eigenvalue weighted by atomic mass is 10.1. The summed E-state index contributed by atoms with van der Waals surface area (Å²) in [6.07, 6.45) is 0.906. The molecule has 0 aliphatic heterocycles. The monoisotopic (exact) mass is 325 g/mol. The highest BCUT2D eigenvalue weighted by Gasteiger charge is 2.14. The van der Waals surface area contributed by atoms with Gasteiger partial charge in [0, 0.05) is 24.0 Å². The van der Waals surface area contributed by atoms with E-state index in [9.17, 15) is 14.4 Å². The van der Waals surface area contributed by atoms with Crippen LogP contribution >= 0.6 is 0 Å². The van der Waals surface area contributed by atoms with E-state index in [1.807, 2.05) is 19.1 Å². The summed E-state index contributed by atoms with van der Waals surface area (Å²) < 4.78 is 0.